The number of thioether (sulfide) groups is 1. The number of rotatable bonds is 3. The highest BCUT2D eigenvalue weighted by atomic mass is 32.2. The Morgan fingerprint density at radius 2 is 2.05 bits per heavy atom. The molecule has 1 unspecified atom stereocenters. The number of nitrogens with zero attached hydrogens (tertiary/aromatic N) is 1. The molecule has 0 radical (unpaired) electrons. The molecule has 1 fully saturated rings. The maximum absolute atomic E-state index is 12.1. The number of carbonyl (C=O) groups excluding carboxylic acids is 2. The molecule has 0 aromatic heterocycles. The molecule has 1 atom stereocenters. The zero-order valence-corrected chi connectivity index (χ0v) is 11.4. The number of carboxylic acids is 1. The molecule has 1 heterocycles. The van der Waals surface area contributed by atoms with Crippen LogP contribution >= 0.6 is 11.8 Å². The highest BCUT2D eigenvalue weighted by molar-refractivity contribution is 8.15. The molecule has 5 nitrogen and oxygen atoms in total. The number of aryl methyl sites for hydroxylation is 1. The summed E-state index contributed by atoms with van der Waals surface area (Å²) in [6.07, 6.45) is -0.337. The van der Waals surface area contributed by atoms with E-state index in [1.807, 2.05) is 19.9 Å². The zero-order valence-electron chi connectivity index (χ0n) is 10.5. The van der Waals surface area contributed by atoms with Crippen LogP contribution in [-0.4, -0.2) is 27.5 Å². The van der Waals surface area contributed by atoms with Gasteiger partial charge in [0.1, 0.15) is 5.25 Å². The fourth-order valence-corrected chi connectivity index (χ4v) is 2.91. The van der Waals surface area contributed by atoms with Gasteiger partial charge in [-0.05, 0) is 42.8 Å². The molecule has 1 aliphatic rings. The van der Waals surface area contributed by atoms with E-state index in [1.165, 1.54) is 0 Å². The molecule has 0 saturated carbocycles. The number of aliphatic carboxylic acids is 1. The molecular formula is C13H13NO4S. The second kappa shape index (κ2) is 5.05. The number of anilines is 1. The van der Waals surface area contributed by atoms with Gasteiger partial charge in [0.05, 0.1) is 12.1 Å². The molecule has 1 aromatic carbocycles. The van der Waals surface area contributed by atoms with E-state index in [0.29, 0.717) is 5.69 Å². The van der Waals surface area contributed by atoms with Gasteiger partial charge in [-0.15, -0.1) is 0 Å². The number of hydrogen-bond donors (Lipinski definition) is 1. The Balaban J connectivity index is 2.35. The molecule has 1 aliphatic heterocycles. The van der Waals surface area contributed by atoms with Crippen LogP contribution in [0.4, 0.5) is 10.5 Å². The van der Waals surface area contributed by atoms with Gasteiger partial charge >= 0.3 is 5.97 Å². The predicted octanol–water partition coefficient (Wildman–Crippen LogP) is 2.35. The van der Waals surface area contributed by atoms with E-state index in [9.17, 15) is 14.4 Å². The van der Waals surface area contributed by atoms with Crippen LogP contribution in [0.2, 0.25) is 0 Å². The third-order valence-corrected chi connectivity index (χ3v) is 4.14. The summed E-state index contributed by atoms with van der Waals surface area (Å²) in [7, 11) is 0. The van der Waals surface area contributed by atoms with Gasteiger partial charge in [0.15, 0.2) is 0 Å². The number of amides is 2. The minimum absolute atomic E-state index is 0.337. The van der Waals surface area contributed by atoms with E-state index in [0.717, 1.165) is 27.8 Å². The third-order valence-electron chi connectivity index (χ3n) is 3.10. The molecule has 0 aliphatic carbocycles. The SMILES string of the molecule is Cc1cccc(N2C(=O)SC(CC(=O)O)C2=O)c1C. The van der Waals surface area contributed by atoms with E-state index in [1.54, 1.807) is 12.1 Å². The number of carbonyl (C=O) groups is 3. The van der Waals surface area contributed by atoms with Gasteiger partial charge in [-0.25, -0.2) is 4.90 Å². The first-order chi connectivity index (χ1) is 8.91. The van der Waals surface area contributed by atoms with Gasteiger partial charge in [-0.1, -0.05) is 12.1 Å². The van der Waals surface area contributed by atoms with Crippen molar-refractivity contribution in [1.29, 1.82) is 0 Å². The van der Waals surface area contributed by atoms with E-state index < -0.39 is 22.4 Å². The summed E-state index contributed by atoms with van der Waals surface area (Å²) in [5.74, 6) is -1.53. The maximum atomic E-state index is 12.1. The number of hydrogen-bond acceptors (Lipinski definition) is 4. The van der Waals surface area contributed by atoms with Crippen molar-refractivity contribution in [3.63, 3.8) is 0 Å². The first-order valence-electron chi connectivity index (χ1n) is 5.74. The molecule has 1 N–H and O–H groups in total. The Morgan fingerprint density at radius 1 is 1.37 bits per heavy atom. The topological polar surface area (TPSA) is 74.7 Å². The highest BCUT2D eigenvalue weighted by Crippen LogP contribution is 2.35. The fraction of sp³-hybridized carbons (Fsp3) is 0.308. The Labute approximate surface area is 114 Å². The Kier molecular flexibility index (Phi) is 3.61. The smallest absolute Gasteiger partial charge is 0.305 e. The van der Waals surface area contributed by atoms with Crippen LogP contribution in [0, 0.1) is 13.8 Å². The summed E-state index contributed by atoms with van der Waals surface area (Å²) in [5.41, 5.74) is 2.36. The van der Waals surface area contributed by atoms with Crippen LogP contribution in [0.3, 0.4) is 0 Å². The third kappa shape index (κ3) is 2.49. The number of benzene rings is 1. The molecule has 100 valence electrons. The van der Waals surface area contributed by atoms with Crippen molar-refractivity contribution in [3.05, 3.63) is 29.3 Å². The number of imide groups is 1. The molecule has 19 heavy (non-hydrogen) atoms. The van der Waals surface area contributed by atoms with Crippen molar-refractivity contribution >= 4 is 34.6 Å². The Hall–Kier alpha value is -1.82. The van der Waals surface area contributed by atoms with E-state index in [4.69, 9.17) is 5.11 Å². The lowest BCUT2D eigenvalue weighted by atomic mass is 10.1. The summed E-state index contributed by atoms with van der Waals surface area (Å²) in [4.78, 5) is 35.8. The van der Waals surface area contributed by atoms with Crippen LogP contribution in [0.25, 0.3) is 0 Å². The molecule has 0 spiro atoms. The van der Waals surface area contributed by atoms with Crippen molar-refractivity contribution in [1.82, 2.24) is 0 Å². The lowest BCUT2D eigenvalue weighted by Gasteiger charge is -2.17. The zero-order chi connectivity index (χ0) is 14.2. The average molecular weight is 279 g/mol. The second-order valence-corrected chi connectivity index (χ2v) is 5.52. The lowest BCUT2D eigenvalue weighted by Crippen LogP contribution is -2.32. The molecular weight excluding hydrogens is 266 g/mol. The van der Waals surface area contributed by atoms with Gasteiger partial charge < -0.3 is 5.11 Å². The van der Waals surface area contributed by atoms with Crippen LogP contribution in [0.5, 0.6) is 0 Å². The monoisotopic (exact) mass is 279 g/mol. The molecule has 0 bridgehead atoms. The largest absolute Gasteiger partial charge is 0.481 e. The summed E-state index contributed by atoms with van der Waals surface area (Å²) in [5, 5.41) is 7.50. The van der Waals surface area contributed by atoms with Crippen molar-refractivity contribution in [3.8, 4) is 0 Å². The summed E-state index contributed by atoms with van der Waals surface area (Å²) >= 11 is 0.776. The Bertz CT molecular complexity index is 570. The van der Waals surface area contributed by atoms with Gasteiger partial charge in [0.2, 0.25) is 5.91 Å². The van der Waals surface area contributed by atoms with E-state index in [-0.39, 0.29) is 6.42 Å². The van der Waals surface area contributed by atoms with Crippen molar-refractivity contribution in [2.24, 2.45) is 0 Å². The van der Waals surface area contributed by atoms with Crippen molar-refractivity contribution in [2.75, 3.05) is 4.90 Å². The van der Waals surface area contributed by atoms with Crippen molar-refractivity contribution < 1.29 is 19.5 Å². The van der Waals surface area contributed by atoms with Crippen LogP contribution < -0.4 is 4.90 Å². The maximum Gasteiger partial charge on any atom is 0.305 e. The van der Waals surface area contributed by atoms with Crippen LogP contribution in [0.1, 0.15) is 17.5 Å². The molecule has 6 heteroatoms. The first kappa shape index (κ1) is 13.6. The second-order valence-electron chi connectivity index (χ2n) is 4.36. The Morgan fingerprint density at radius 3 is 2.68 bits per heavy atom. The summed E-state index contributed by atoms with van der Waals surface area (Å²) in [6, 6.07) is 5.36. The van der Waals surface area contributed by atoms with E-state index in [2.05, 4.69) is 0 Å². The van der Waals surface area contributed by atoms with Gasteiger partial charge in [0.25, 0.3) is 5.24 Å². The quantitative estimate of drug-likeness (QED) is 0.919. The standard InChI is InChI=1S/C13H13NO4S/c1-7-4-3-5-9(8(7)2)14-12(17)10(6-11(15)16)19-13(14)18/h3-5,10H,6H2,1-2H3,(H,15,16). The predicted molar refractivity (Wildman–Crippen MR) is 72.4 cm³/mol. The van der Waals surface area contributed by atoms with Gasteiger partial charge in [-0.2, -0.15) is 0 Å². The van der Waals surface area contributed by atoms with E-state index >= 15 is 0 Å². The molecule has 2 amide bonds. The fourth-order valence-electron chi connectivity index (χ4n) is 1.94. The lowest BCUT2D eigenvalue weighted by molar-refractivity contribution is -0.138. The molecule has 2 rings (SSSR count). The normalized spacial score (nSPS) is 19.1. The number of carboxylic acid groups (broad SMARTS) is 1. The summed E-state index contributed by atoms with van der Waals surface area (Å²) in [6.45, 7) is 3.73. The van der Waals surface area contributed by atoms with Crippen LogP contribution in [-0.2, 0) is 9.59 Å². The molecule has 1 saturated heterocycles. The highest BCUT2D eigenvalue weighted by Gasteiger charge is 2.42. The first-order valence-corrected chi connectivity index (χ1v) is 6.62. The van der Waals surface area contributed by atoms with Gasteiger partial charge in [-0.3, -0.25) is 14.4 Å². The minimum atomic E-state index is -1.08. The van der Waals surface area contributed by atoms with Crippen molar-refractivity contribution in [2.45, 2.75) is 25.5 Å². The summed E-state index contributed by atoms with van der Waals surface area (Å²) < 4.78 is 0. The molecule has 1 aromatic rings. The minimum Gasteiger partial charge on any atom is -0.481 e. The van der Waals surface area contributed by atoms with Crippen LogP contribution in [0.15, 0.2) is 18.2 Å². The van der Waals surface area contributed by atoms with Gasteiger partial charge in [0, 0.05) is 0 Å². The average Bonchev–Trinajstić information content (AvgIpc) is 2.58.